The molecule has 120 valence electrons. The second kappa shape index (κ2) is 7.11. The summed E-state index contributed by atoms with van der Waals surface area (Å²) >= 11 is 3.39. The highest BCUT2D eigenvalue weighted by Crippen LogP contribution is 2.29. The van der Waals surface area contributed by atoms with Crippen LogP contribution < -0.4 is 4.72 Å². The van der Waals surface area contributed by atoms with Crippen LogP contribution in [0, 0.1) is 0 Å². The van der Waals surface area contributed by atoms with E-state index in [9.17, 15) is 21.6 Å². The number of sulfonamides is 1. The third-order valence-corrected chi connectivity index (χ3v) is 5.86. The Bertz CT molecular complexity index is 558. The summed E-state index contributed by atoms with van der Waals surface area (Å²) in [5, 5.41) is 0. The SMILES string of the molecule is CC[C@@H](Br)[C@@H](CC)NS(=O)(=O)c1ccc(C(F)(F)F)cc1. The van der Waals surface area contributed by atoms with Crippen LogP contribution in [0.3, 0.4) is 0 Å². The van der Waals surface area contributed by atoms with E-state index >= 15 is 0 Å². The van der Waals surface area contributed by atoms with Crippen LogP contribution in [-0.4, -0.2) is 19.3 Å². The van der Waals surface area contributed by atoms with E-state index < -0.39 is 21.8 Å². The van der Waals surface area contributed by atoms with Gasteiger partial charge in [-0.05, 0) is 37.1 Å². The minimum Gasteiger partial charge on any atom is -0.207 e. The maximum atomic E-state index is 12.5. The lowest BCUT2D eigenvalue weighted by Crippen LogP contribution is -2.40. The third-order valence-electron chi connectivity index (χ3n) is 3.06. The molecule has 0 spiro atoms. The Kier molecular flexibility index (Phi) is 6.24. The van der Waals surface area contributed by atoms with Crippen molar-refractivity contribution in [2.24, 2.45) is 0 Å². The van der Waals surface area contributed by atoms with E-state index in [0.717, 1.165) is 30.7 Å². The Morgan fingerprint density at radius 3 is 2.05 bits per heavy atom. The Balaban J connectivity index is 2.98. The van der Waals surface area contributed by atoms with E-state index in [1.54, 1.807) is 0 Å². The van der Waals surface area contributed by atoms with Gasteiger partial charge in [0, 0.05) is 10.9 Å². The van der Waals surface area contributed by atoms with Gasteiger partial charge in [0.05, 0.1) is 10.5 Å². The molecule has 1 aromatic carbocycles. The van der Waals surface area contributed by atoms with Crippen molar-refractivity contribution >= 4 is 26.0 Å². The monoisotopic (exact) mass is 387 g/mol. The van der Waals surface area contributed by atoms with Gasteiger partial charge in [-0.25, -0.2) is 13.1 Å². The molecule has 8 heteroatoms. The Morgan fingerprint density at radius 1 is 1.14 bits per heavy atom. The molecule has 0 radical (unpaired) electrons. The summed E-state index contributed by atoms with van der Waals surface area (Å²) in [7, 11) is -3.84. The van der Waals surface area contributed by atoms with Crippen LogP contribution in [0.25, 0.3) is 0 Å². The highest BCUT2D eigenvalue weighted by molar-refractivity contribution is 9.09. The number of rotatable bonds is 6. The van der Waals surface area contributed by atoms with Gasteiger partial charge in [0.2, 0.25) is 10.0 Å². The molecule has 1 N–H and O–H groups in total. The number of nitrogens with one attached hydrogen (secondary N) is 1. The van der Waals surface area contributed by atoms with Crippen molar-refractivity contribution in [3.05, 3.63) is 29.8 Å². The van der Waals surface area contributed by atoms with Crippen molar-refractivity contribution in [1.82, 2.24) is 4.72 Å². The molecule has 3 nitrogen and oxygen atoms in total. The van der Waals surface area contributed by atoms with E-state index in [4.69, 9.17) is 0 Å². The normalized spacial score (nSPS) is 15.7. The number of hydrogen-bond acceptors (Lipinski definition) is 2. The van der Waals surface area contributed by atoms with E-state index in [0.29, 0.717) is 6.42 Å². The summed E-state index contributed by atoms with van der Waals surface area (Å²) in [6.07, 6.45) is -3.18. The number of hydrogen-bond donors (Lipinski definition) is 1. The third kappa shape index (κ3) is 4.96. The van der Waals surface area contributed by atoms with E-state index in [1.807, 2.05) is 13.8 Å². The molecule has 0 aliphatic carbocycles. The second-order valence-electron chi connectivity index (χ2n) is 4.58. The summed E-state index contributed by atoms with van der Waals surface area (Å²) in [4.78, 5) is -0.212. The van der Waals surface area contributed by atoms with E-state index in [-0.39, 0.29) is 15.8 Å². The van der Waals surface area contributed by atoms with Crippen LogP contribution in [0.4, 0.5) is 13.2 Å². The number of alkyl halides is 4. The van der Waals surface area contributed by atoms with Crippen LogP contribution in [0.5, 0.6) is 0 Å². The highest BCUT2D eigenvalue weighted by atomic mass is 79.9. The van der Waals surface area contributed by atoms with Crippen molar-refractivity contribution in [3.63, 3.8) is 0 Å². The molecular weight excluding hydrogens is 371 g/mol. The van der Waals surface area contributed by atoms with Crippen LogP contribution in [-0.2, 0) is 16.2 Å². The number of halogens is 4. The van der Waals surface area contributed by atoms with Gasteiger partial charge in [-0.1, -0.05) is 29.8 Å². The average Bonchev–Trinajstić information content (AvgIpc) is 2.43. The fraction of sp³-hybridized carbons (Fsp3) is 0.538. The summed E-state index contributed by atoms with van der Waals surface area (Å²) in [5.41, 5.74) is -0.875. The van der Waals surface area contributed by atoms with Gasteiger partial charge in [-0.15, -0.1) is 0 Å². The molecule has 0 heterocycles. The molecule has 0 saturated heterocycles. The van der Waals surface area contributed by atoms with Gasteiger partial charge in [0.25, 0.3) is 0 Å². The topological polar surface area (TPSA) is 46.2 Å². The zero-order valence-electron chi connectivity index (χ0n) is 11.6. The minimum atomic E-state index is -4.48. The highest BCUT2D eigenvalue weighted by Gasteiger charge is 2.31. The lowest BCUT2D eigenvalue weighted by Gasteiger charge is -2.21. The fourth-order valence-electron chi connectivity index (χ4n) is 1.79. The van der Waals surface area contributed by atoms with Crippen LogP contribution in [0.1, 0.15) is 32.3 Å². The summed E-state index contributed by atoms with van der Waals surface area (Å²) in [5.74, 6) is 0. The van der Waals surface area contributed by atoms with Crippen molar-refractivity contribution < 1.29 is 21.6 Å². The van der Waals surface area contributed by atoms with Crippen molar-refractivity contribution in [3.8, 4) is 0 Å². The predicted octanol–water partition coefficient (Wildman–Crippen LogP) is 3.94. The van der Waals surface area contributed by atoms with Crippen molar-refractivity contribution in [2.75, 3.05) is 0 Å². The fourth-order valence-corrected chi connectivity index (χ4v) is 3.83. The molecule has 2 atom stereocenters. The van der Waals surface area contributed by atoms with Gasteiger partial charge in [-0.3, -0.25) is 0 Å². The van der Waals surface area contributed by atoms with Gasteiger partial charge >= 0.3 is 6.18 Å². The molecular formula is C13H17BrF3NO2S. The first-order valence-corrected chi connectivity index (χ1v) is 8.85. The Hall–Kier alpha value is -0.600. The molecule has 0 aliphatic heterocycles. The van der Waals surface area contributed by atoms with Crippen LogP contribution in [0.15, 0.2) is 29.2 Å². The zero-order chi connectivity index (χ0) is 16.3. The lowest BCUT2D eigenvalue weighted by atomic mass is 10.1. The Morgan fingerprint density at radius 2 is 1.67 bits per heavy atom. The minimum absolute atomic E-state index is 0.0354. The maximum Gasteiger partial charge on any atom is 0.416 e. The molecule has 0 unspecified atom stereocenters. The maximum absolute atomic E-state index is 12.5. The molecule has 0 aromatic heterocycles. The predicted molar refractivity (Wildman–Crippen MR) is 78.9 cm³/mol. The van der Waals surface area contributed by atoms with Gasteiger partial charge in [0.1, 0.15) is 0 Å². The largest absolute Gasteiger partial charge is 0.416 e. The zero-order valence-corrected chi connectivity index (χ0v) is 14.0. The first-order chi connectivity index (χ1) is 9.61. The molecule has 0 saturated carbocycles. The van der Waals surface area contributed by atoms with Gasteiger partial charge < -0.3 is 0 Å². The van der Waals surface area contributed by atoms with Crippen molar-refractivity contribution in [1.29, 1.82) is 0 Å². The van der Waals surface area contributed by atoms with Crippen LogP contribution >= 0.6 is 15.9 Å². The van der Waals surface area contributed by atoms with E-state index in [1.165, 1.54) is 0 Å². The molecule has 0 aliphatic rings. The molecule has 0 fully saturated rings. The first-order valence-electron chi connectivity index (χ1n) is 6.45. The summed E-state index contributed by atoms with van der Waals surface area (Å²) in [6.45, 7) is 3.75. The summed E-state index contributed by atoms with van der Waals surface area (Å²) in [6, 6.07) is 3.14. The number of benzene rings is 1. The molecule has 0 bridgehead atoms. The molecule has 1 rings (SSSR count). The lowest BCUT2D eigenvalue weighted by molar-refractivity contribution is -0.137. The standard InChI is InChI=1S/C13H17BrF3NO2S/c1-3-11(14)12(4-2)18-21(19,20)10-7-5-9(6-8-10)13(15,16)17/h5-8,11-12,18H,3-4H2,1-2H3/t11-,12-/m1/s1. The van der Waals surface area contributed by atoms with Crippen LogP contribution in [0.2, 0.25) is 0 Å². The molecule has 21 heavy (non-hydrogen) atoms. The average molecular weight is 388 g/mol. The summed E-state index contributed by atoms with van der Waals surface area (Å²) < 4.78 is 64.2. The first kappa shape index (κ1) is 18.4. The molecule has 1 aromatic rings. The van der Waals surface area contributed by atoms with Gasteiger partial charge in [0.15, 0.2) is 0 Å². The van der Waals surface area contributed by atoms with Crippen molar-refractivity contribution in [2.45, 2.75) is 48.6 Å². The van der Waals surface area contributed by atoms with Gasteiger partial charge in [-0.2, -0.15) is 13.2 Å². The second-order valence-corrected chi connectivity index (χ2v) is 7.47. The van der Waals surface area contributed by atoms with E-state index in [2.05, 4.69) is 20.7 Å². The smallest absolute Gasteiger partial charge is 0.207 e. The quantitative estimate of drug-likeness (QED) is 0.751. The molecule has 0 amide bonds. The Labute approximate surface area is 131 Å².